The number of benzene rings is 1. The van der Waals surface area contributed by atoms with E-state index in [1.54, 1.807) is 0 Å². The molecular formula is C17H20Cl3N3. The second-order valence-corrected chi connectivity index (χ2v) is 6.02. The van der Waals surface area contributed by atoms with Crippen molar-refractivity contribution in [3.05, 3.63) is 58.9 Å². The Morgan fingerprint density at radius 2 is 1.74 bits per heavy atom. The SMILES string of the molecule is Cc1ccn2c(CN(C)C)c(-c3ccc(Cl)cc3)nc2c1.Cl.Cl. The Kier molecular flexibility index (Phi) is 6.90. The number of fused-ring (bicyclic) bond motifs is 1. The topological polar surface area (TPSA) is 20.5 Å². The van der Waals surface area contributed by atoms with E-state index in [9.17, 15) is 0 Å². The van der Waals surface area contributed by atoms with Gasteiger partial charge < -0.3 is 9.30 Å². The molecule has 0 atom stereocenters. The van der Waals surface area contributed by atoms with Crippen LogP contribution in [0.25, 0.3) is 16.9 Å². The summed E-state index contributed by atoms with van der Waals surface area (Å²) in [5, 5.41) is 0.743. The van der Waals surface area contributed by atoms with Crippen LogP contribution in [0.4, 0.5) is 0 Å². The van der Waals surface area contributed by atoms with Crippen LogP contribution < -0.4 is 0 Å². The maximum absolute atomic E-state index is 5.99. The minimum Gasteiger partial charge on any atom is -0.304 e. The third-order valence-corrected chi connectivity index (χ3v) is 3.72. The van der Waals surface area contributed by atoms with Gasteiger partial charge in [-0.25, -0.2) is 4.98 Å². The number of aryl methyl sites for hydroxylation is 1. The molecular weight excluding hydrogens is 353 g/mol. The molecule has 0 N–H and O–H groups in total. The van der Waals surface area contributed by atoms with Crippen molar-refractivity contribution < 1.29 is 0 Å². The largest absolute Gasteiger partial charge is 0.304 e. The van der Waals surface area contributed by atoms with E-state index in [1.165, 1.54) is 11.3 Å². The number of hydrogen-bond donors (Lipinski definition) is 0. The summed E-state index contributed by atoms with van der Waals surface area (Å²) in [5.74, 6) is 0. The van der Waals surface area contributed by atoms with Gasteiger partial charge in [0.2, 0.25) is 0 Å². The number of pyridine rings is 1. The Balaban J connectivity index is 0.00000132. The molecule has 0 saturated heterocycles. The number of nitrogens with zero attached hydrogens (tertiary/aromatic N) is 3. The van der Waals surface area contributed by atoms with Crippen LogP contribution in [0.2, 0.25) is 5.02 Å². The van der Waals surface area contributed by atoms with Crippen molar-refractivity contribution in [1.82, 2.24) is 14.3 Å². The predicted molar refractivity (Wildman–Crippen MR) is 102 cm³/mol. The van der Waals surface area contributed by atoms with Gasteiger partial charge in [0.25, 0.3) is 0 Å². The molecule has 0 radical (unpaired) electrons. The van der Waals surface area contributed by atoms with Gasteiger partial charge in [-0.3, -0.25) is 0 Å². The molecule has 1 aromatic carbocycles. The summed E-state index contributed by atoms with van der Waals surface area (Å²) in [4.78, 5) is 6.98. The summed E-state index contributed by atoms with van der Waals surface area (Å²) < 4.78 is 2.16. The molecule has 0 fully saturated rings. The molecule has 0 unspecified atom stereocenters. The first-order valence-electron chi connectivity index (χ1n) is 6.93. The van der Waals surface area contributed by atoms with E-state index >= 15 is 0 Å². The lowest BCUT2D eigenvalue weighted by Gasteiger charge is -2.11. The average molecular weight is 373 g/mol. The van der Waals surface area contributed by atoms with Gasteiger partial charge in [-0.15, -0.1) is 24.8 Å². The van der Waals surface area contributed by atoms with E-state index in [-0.39, 0.29) is 24.8 Å². The monoisotopic (exact) mass is 371 g/mol. The zero-order chi connectivity index (χ0) is 15.0. The van der Waals surface area contributed by atoms with Crippen LogP contribution in [-0.2, 0) is 6.54 Å². The van der Waals surface area contributed by atoms with E-state index < -0.39 is 0 Å². The molecule has 3 aromatic rings. The summed E-state index contributed by atoms with van der Waals surface area (Å²) in [5.41, 5.74) is 5.50. The molecule has 0 saturated carbocycles. The quantitative estimate of drug-likeness (QED) is 0.654. The summed E-state index contributed by atoms with van der Waals surface area (Å²) in [6.45, 7) is 2.92. The highest BCUT2D eigenvalue weighted by Gasteiger charge is 2.14. The van der Waals surface area contributed by atoms with E-state index in [1.807, 2.05) is 24.3 Å². The molecule has 23 heavy (non-hydrogen) atoms. The zero-order valence-corrected chi connectivity index (χ0v) is 15.7. The fourth-order valence-corrected chi connectivity index (χ4v) is 2.61. The van der Waals surface area contributed by atoms with Gasteiger partial charge in [0.1, 0.15) is 5.65 Å². The van der Waals surface area contributed by atoms with Crippen LogP contribution in [0.15, 0.2) is 42.6 Å². The molecule has 0 aliphatic rings. The number of rotatable bonds is 3. The molecule has 0 bridgehead atoms. The van der Waals surface area contributed by atoms with E-state index in [4.69, 9.17) is 16.6 Å². The summed E-state index contributed by atoms with van der Waals surface area (Å²) in [7, 11) is 4.14. The first-order chi connectivity index (χ1) is 10.0. The van der Waals surface area contributed by atoms with Crippen LogP contribution >= 0.6 is 36.4 Å². The predicted octanol–water partition coefficient (Wildman–Crippen LogP) is 4.87. The highest BCUT2D eigenvalue weighted by Crippen LogP contribution is 2.26. The van der Waals surface area contributed by atoms with Gasteiger partial charge in [0, 0.05) is 23.3 Å². The van der Waals surface area contributed by atoms with Crippen molar-refractivity contribution in [1.29, 1.82) is 0 Å². The van der Waals surface area contributed by atoms with Crippen LogP contribution in [-0.4, -0.2) is 28.4 Å². The number of aromatic nitrogens is 2. The lowest BCUT2D eigenvalue weighted by molar-refractivity contribution is 0.396. The lowest BCUT2D eigenvalue weighted by Crippen LogP contribution is -2.13. The number of imidazole rings is 1. The van der Waals surface area contributed by atoms with Crippen molar-refractivity contribution in [2.45, 2.75) is 13.5 Å². The average Bonchev–Trinajstić information content (AvgIpc) is 2.77. The van der Waals surface area contributed by atoms with Crippen LogP contribution in [0, 0.1) is 6.92 Å². The molecule has 6 heteroatoms. The Labute approximate surface area is 154 Å². The van der Waals surface area contributed by atoms with Crippen molar-refractivity contribution in [3.8, 4) is 11.3 Å². The molecule has 3 nitrogen and oxygen atoms in total. The lowest BCUT2D eigenvalue weighted by atomic mass is 10.1. The standard InChI is InChI=1S/C17H18ClN3.2ClH/c1-12-8-9-21-15(11-20(2)3)17(19-16(21)10-12)13-4-6-14(18)7-5-13;;/h4-10H,11H2,1-3H3;2*1H. The first-order valence-corrected chi connectivity index (χ1v) is 7.30. The second-order valence-electron chi connectivity index (χ2n) is 5.58. The molecule has 0 amide bonds. The molecule has 2 heterocycles. The minimum absolute atomic E-state index is 0. The molecule has 0 aliphatic carbocycles. The highest BCUT2D eigenvalue weighted by molar-refractivity contribution is 6.30. The molecule has 124 valence electrons. The van der Waals surface area contributed by atoms with Gasteiger partial charge in [-0.2, -0.15) is 0 Å². The molecule has 0 aliphatic heterocycles. The molecule has 3 rings (SSSR count). The van der Waals surface area contributed by atoms with Gasteiger partial charge >= 0.3 is 0 Å². The summed E-state index contributed by atoms with van der Waals surface area (Å²) >= 11 is 5.99. The van der Waals surface area contributed by atoms with Crippen molar-refractivity contribution in [2.24, 2.45) is 0 Å². The third-order valence-electron chi connectivity index (χ3n) is 3.46. The summed E-state index contributed by atoms with van der Waals surface area (Å²) in [6, 6.07) is 12.1. The van der Waals surface area contributed by atoms with Crippen LogP contribution in [0.5, 0.6) is 0 Å². The third kappa shape index (κ3) is 4.18. The Morgan fingerprint density at radius 3 is 2.35 bits per heavy atom. The van der Waals surface area contributed by atoms with E-state index in [0.29, 0.717) is 0 Å². The van der Waals surface area contributed by atoms with E-state index in [0.717, 1.165) is 28.5 Å². The Hall–Kier alpha value is -1.26. The smallest absolute Gasteiger partial charge is 0.137 e. The van der Waals surface area contributed by atoms with Crippen molar-refractivity contribution >= 4 is 42.1 Å². The normalized spacial score (nSPS) is 10.5. The van der Waals surface area contributed by atoms with Crippen LogP contribution in [0.1, 0.15) is 11.3 Å². The molecule has 2 aromatic heterocycles. The fraction of sp³-hybridized carbons (Fsp3) is 0.235. The highest BCUT2D eigenvalue weighted by atomic mass is 35.5. The first kappa shape index (κ1) is 19.8. The van der Waals surface area contributed by atoms with Crippen molar-refractivity contribution in [2.75, 3.05) is 14.1 Å². The van der Waals surface area contributed by atoms with Gasteiger partial charge in [-0.1, -0.05) is 23.7 Å². The Bertz CT molecular complexity index is 780. The zero-order valence-electron chi connectivity index (χ0n) is 13.3. The van der Waals surface area contributed by atoms with Crippen molar-refractivity contribution in [3.63, 3.8) is 0 Å². The van der Waals surface area contributed by atoms with E-state index in [2.05, 4.69) is 48.6 Å². The molecule has 0 spiro atoms. The minimum atomic E-state index is 0. The Morgan fingerprint density at radius 1 is 1.09 bits per heavy atom. The second kappa shape index (κ2) is 8.02. The van der Waals surface area contributed by atoms with Gasteiger partial charge in [0.05, 0.1) is 11.4 Å². The fourth-order valence-electron chi connectivity index (χ4n) is 2.49. The van der Waals surface area contributed by atoms with Crippen LogP contribution in [0.3, 0.4) is 0 Å². The summed E-state index contributed by atoms with van der Waals surface area (Å²) in [6.07, 6.45) is 2.09. The number of halogens is 3. The van der Waals surface area contributed by atoms with Gasteiger partial charge in [-0.05, 0) is 50.8 Å². The number of hydrogen-bond acceptors (Lipinski definition) is 2. The van der Waals surface area contributed by atoms with Gasteiger partial charge in [0.15, 0.2) is 0 Å². The maximum atomic E-state index is 5.99. The maximum Gasteiger partial charge on any atom is 0.137 e.